The van der Waals surface area contributed by atoms with Gasteiger partial charge < -0.3 is 14.4 Å². The number of carbonyl (C=O) groups excluding carboxylic acids is 1. The van der Waals surface area contributed by atoms with Gasteiger partial charge in [0.15, 0.2) is 0 Å². The van der Waals surface area contributed by atoms with E-state index in [9.17, 15) is 4.79 Å². The summed E-state index contributed by atoms with van der Waals surface area (Å²) in [6.45, 7) is 2.04. The number of rotatable bonds is 7. The van der Waals surface area contributed by atoms with Crippen molar-refractivity contribution < 1.29 is 14.3 Å². The summed E-state index contributed by atoms with van der Waals surface area (Å²) in [5, 5.41) is 7.59. The molecule has 1 N–H and O–H groups in total. The van der Waals surface area contributed by atoms with Crippen LogP contribution in [0.4, 0.5) is 0 Å². The summed E-state index contributed by atoms with van der Waals surface area (Å²) in [4.78, 5) is 14.5. The predicted octanol–water partition coefficient (Wildman–Crippen LogP) is 3.67. The van der Waals surface area contributed by atoms with E-state index in [1.54, 1.807) is 7.11 Å². The highest BCUT2D eigenvalue weighted by atomic mass is 16.5. The Morgan fingerprint density at radius 2 is 1.90 bits per heavy atom. The number of likely N-dealkylation sites (tertiary alicyclic amines) is 1. The summed E-state index contributed by atoms with van der Waals surface area (Å²) in [5.41, 5.74) is 2.81. The van der Waals surface area contributed by atoms with Crippen LogP contribution in [-0.2, 0) is 6.42 Å². The first kappa shape index (κ1) is 19.1. The minimum Gasteiger partial charge on any atom is -0.497 e. The number of hydrogen-bond donors (Lipinski definition) is 1. The molecule has 1 aliphatic rings. The predicted molar refractivity (Wildman–Crippen MR) is 110 cm³/mol. The highest BCUT2D eigenvalue weighted by molar-refractivity contribution is 5.94. The minimum absolute atomic E-state index is 0.0942. The minimum atomic E-state index is 0.0942. The molecule has 0 aliphatic carbocycles. The second kappa shape index (κ2) is 8.82. The molecule has 150 valence electrons. The highest BCUT2D eigenvalue weighted by Crippen LogP contribution is 2.27. The number of methoxy groups -OCH3 is 1. The third-order valence-corrected chi connectivity index (χ3v) is 5.26. The van der Waals surface area contributed by atoms with Crippen LogP contribution in [-0.4, -0.2) is 47.8 Å². The first-order valence-electron chi connectivity index (χ1n) is 9.88. The Labute approximate surface area is 170 Å². The van der Waals surface area contributed by atoms with Crippen molar-refractivity contribution in [3.05, 3.63) is 77.6 Å². The van der Waals surface area contributed by atoms with Gasteiger partial charge in [0, 0.05) is 36.7 Å². The van der Waals surface area contributed by atoms with Crippen molar-refractivity contribution in [3.63, 3.8) is 0 Å². The molecule has 1 fully saturated rings. The number of H-pyrrole nitrogens is 1. The summed E-state index contributed by atoms with van der Waals surface area (Å²) in [5.74, 6) is 2.00. The van der Waals surface area contributed by atoms with Gasteiger partial charge in [0.05, 0.1) is 19.4 Å². The SMILES string of the molecule is COc1ccc(OCCc2cc([C@H]3CCN(C(=O)c4ccccc4)C3)n[nH]2)cc1. The topological polar surface area (TPSA) is 67.5 Å². The molecule has 0 bridgehead atoms. The van der Waals surface area contributed by atoms with Gasteiger partial charge in [0.25, 0.3) is 5.91 Å². The summed E-state index contributed by atoms with van der Waals surface area (Å²) in [6.07, 6.45) is 1.68. The number of benzene rings is 2. The van der Waals surface area contributed by atoms with Crippen LogP contribution < -0.4 is 9.47 Å². The maximum absolute atomic E-state index is 12.6. The number of aromatic amines is 1. The van der Waals surface area contributed by atoms with Crippen LogP contribution in [0.1, 0.15) is 34.1 Å². The first-order chi connectivity index (χ1) is 14.2. The fourth-order valence-electron chi connectivity index (χ4n) is 3.62. The number of nitrogens with zero attached hydrogens (tertiary/aromatic N) is 2. The van der Waals surface area contributed by atoms with Gasteiger partial charge in [-0.15, -0.1) is 0 Å². The van der Waals surface area contributed by atoms with E-state index in [2.05, 4.69) is 16.3 Å². The van der Waals surface area contributed by atoms with E-state index in [0.29, 0.717) is 13.2 Å². The average molecular weight is 391 g/mol. The molecule has 1 amide bonds. The van der Waals surface area contributed by atoms with Gasteiger partial charge in [-0.1, -0.05) is 18.2 Å². The Hall–Kier alpha value is -3.28. The Kier molecular flexibility index (Phi) is 5.79. The van der Waals surface area contributed by atoms with Gasteiger partial charge >= 0.3 is 0 Å². The third kappa shape index (κ3) is 4.59. The van der Waals surface area contributed by atoms with Crippen LogP contribution in [0.3, 0.4) is 0 Å². The van der Waals surface area contributed by atoms with Crippen LogP contribution in [0.15, 0.2) is 60.7 Å². The number of nitrogens with one attached hydrogen (secondary N) is 1. The summed E-state index contributed by atoms with van der Waals surface area (Å²) < 4.78 is 10.9. The number of aromatic nitrogens is 2. The first-order valence-corrected chi connectivity index (χ1v) is 9.88. The molecular weight excluding hydrogens is 366 g/mol. The second-order valence-corrected chi connectivity index (χ2v) is 7.19. The van der Waals surface area contributed by atoms with Crippen LogP contribution in [0, 0.1) is 0 Å². The van der Waals surface area contributed by atoms with Gasteiger partial charge in [-0.05, 0) is 48.9 Å². The van der Waals surface area contributed by atoms with Gasteiger partial charge in [-0.3, -0.25) is 9.89 Å². The molecule has 2 aromatic carbocycles. The van der Waals surface area contributed by atoms with E-state index in [4.69, 9.17) is 9.47 Å². The van der Waals surface area contributed by atoms with Crippen molar-refractivity contribution in [3.8, 4) is 11.5 Å². The summed E-state index contributed by atoms with van der Waals surface area (Å²) in [7, 11) is 1.65. The lowest BCUT2D eigenvalue weighted by Gasteiger charge is -2.16. The van der Waals surface area contributed by atoms with E-state index in [-0.39, 0.29) is 11.8 Å². The molecule has 0 radical (unpaired) electrons. The lowest BCUT2D eigenvalue weighted by atomic mass is 10.0. The molecule has 1 atom stereocenters. The lowest BCUT2D eigenvalue weighted by molar-refractivity contribution is 0.0790. The molecule has 1 saturated heterocycles. The van der Waals surface area contributed by atoms with E-state index in [1.165, 1.54) is 0 Å². The van der Waals surface area contributed by atoms with Crippen molar-refractivity contribution in [2.45, 2.75) is 18.8 Å². The lowest BCUT2D eigenvalue weighted by Crippen LogP contribution is -2.28. The van der Waals surface area contributed by atoms with Crippen molar-refractivity contribution >= 4 is 5.91 Å². The van der Waals surface area contributed by atoms with Crippen LogP contribution in [0.25, 0.3) is 0 Å². The maximum Gasteiger partial charge on any atom is 0.253 e. The molecule has 1 aliphatic heterocycles. The standard InChI is InChI=1S/C23H25N3O3/c1-28-20-7-9-21(10-8-20)29-14-12-19-15-22(25-24-19)18-11-13-26(16-18)23(27)17-5-3-2-4-6-17/h2-10,15,18H,11-14,16H2,1H3,(H,24,25)/t18-/m0/s1. The smallest absolute Gasteiger partial charge is 0.253 e. The van der Waals surface area contributed by atoms with Crippen LogP contribution >= 0.6 is 0 Å². The summed E-state index contributed by atoms with van der Waals surface area (Å²) in [6, 6.07) is 19.1. The Morgan fingerprint density at radius 1 is 1.14 bits per heavy atom. The summed E-state index contributed by atoms with van der Waals surface area (Å²) >= 11 is 0. The quantitative estimate of drug-likeness (QED) is 0.667. The fraction of sp³-hybridized carbons (Fsp3) is 0.304. The fourth-order valence-corrected chi connectivity index (χ4v) is 3.62. The largest absolute Gasteiger partial charge is 0.497 e. The van der Waals surface area contributed by atoms with Crippen LogP contribution in [0.2, 0.25) is 0 Å². The molecule has 1 aromatic heterocycles. The molecule has 6 nitrogen and oxygen atoms in total. The number of amides is 1. The number of hydrogen-bond acceptors (Lipinski definition) is 4. The van der Waals surface area contributed by atoms with E-state index in [1.807, 2.05) is 59.5 Å². The van der Waals surface area contributed by atoms with Gasteiger partial charge in [-0.2, -0.15) is 5.10 Å². The zero-order valence-corrected chi connectivity index (χ0v) is 16.5. The molecule has 3 aromatic rings. The van der Waals surface area contributed by atoms with E-state index >= 15 is 0 Å². The van der Waals surface area contributed by atoms with Crippen molar-refractivity contribution in [2.24, 2.45) is 0 Å². The number of carbonyl (C=O) groups is 1. The molecule has 0 spiro atoms. The molecular formula is C23H25N3O3. The van der Waals surface area contributed by atoms with Gasteiger partial charge in [-0.25, -0.2) is 0 Å². The third-order valence-electron chi connectivity index (χ3n) is 5.26. The molecule has 0 saturated carbocycles. The Bertz CT molecular complexity index is 938. The Balaban J connectivity index is 1.28. The highest BCUT2D eigenvalue weighted by Gasteiger charge is 2.29. The Morgan fingerprint density at radius 3 is 2.66 bits per heavy atom. The van der Waals surface area contributed by atoms with Crippen molar-refractivity contribution in [1.29, 1.82) is 0 Å². The average Bonchev–Trinajstić information content (AvgIpc) is 3.44. The molecule has 6 heteroatoms. The zero-order chi connectivity index (χ0) is 20.1. The van der Waals surface area contributed by atoms with Gasteiger partial charge in [0.1, 0.15) is 11.5 Å². The number of ether oxygens (including phenoxy) is 2. The normalized spacial score (nSPS) is 16.0. The van der Waals surface area contributed by atoms with Gasteiger partial charge in [0.2, 0.25) is 0 Å². The molecule has 4 rings (SSSR count). The van der Waals surface area contributed by atoms with E-state index in [0.717, 1.165) is 47.8 Å². The maximum atomic E-state index is 12.6. The second-order valence-electron chi connectivity index (χ2n) is 7.19. The molecule has 29 heavy (non-hydrogen) atoms. The molecule has 2 heterocycles. The van der Waals surface area contributed by atoms with E-state index < -0.39 is 0 Å². The molecule has 0 unspecified atom stereocenters. The zero-order valence-electron chi connectivity index (χ0n) is 16.5. The monoisotopic (exact) mass is 391 g/mol. The van der Waals surface area contributed by atoms with Crippen LogP contribution in [0.5, 0.6) is 11.5 Å². The van der Waals surface area contributed by atoms with Crippen molar-refractivity contribution in [2.75, 3.05) is 26.8 Å². The van der Waals surface area contributed by atoms with Crippen molar-refractivity contribution in [1.82, 2.24) is 15.1 Å².